The van der Waals surface area contributed by atoms with Gasteiger partial charge in [-0.2, -0.15) is 0 Å². The van der Waals surface area contributed by atoms with Crippen LogP contribution in [0.4, 0.5) is 0 Å². The summed E-state index contributed by atoms with van der Waals surface area (Å²) in [5.41, 5.74) is 2.66. The zero-order valence-electron chi connectivity index (χ0n) is 13.8. The van der Waals surface area contributed by atoms with Crippen LogP contribution in [0.5, 0.6) is 0 Å². The maximum atomic E-state index is 12.3. The Hall–Kier alpha value is -2.29. The summed E-state index contributed by atoms with van der Waals surface area (Å²) in [5, 5.41) is 2.91. The van der Waals surface area contributed by atoms with Gasteiger partial charge in [0.25, 0.3) is 5.91 Å². The van der Waals surface area contributed by atoms with Crippen LogP contribution in [0.2, 0.25) is 0 Å². The summed E-state index contributed by atoms with van der Waals surface area (Å²) in [6, 6.07) is 0. The predicted octanol–water partition coefficient (Wildman–Crippen LogP) is 4.34. The van der Waals surface area contributed by atoms with Crippen LogP contribution >= 0.6 is 0 Å². The molecule has 2 aliphatic rings. The van der Waals surface area contributed by atoms with Crippen molar-refractivity contribution in [1.29, 1.82) is 0 Å². The van der Waals surface area contributed by atoms with Crippen molar-refractivity contribution in [2.75, 3.05) is 7.11 Å². The zero-order chi connectivity index (χ0) is 16.4. The van der Waals surface area contributed by atoms with Gasteiger partial charge in [0.05, 0.1) is 7.11 Å². The average Bonchev–Trinajstić information content (AvgIpc) is 2.90. The molecule has 3 heteroatoms. The second-order valence-corrected chi connectivity index (χ2v) is 4.76. The molecule has 2 rings (SSSR count). The largest absolute Gasteiger partial charge is 0.501 e. The number of carbonyl (C=O) groups is 1. The van der Waals surface area contributed by atoms with Crippen molar-refractivity contribution in [1.82, 2.24) is 5.32 Å². The van der Waals surface area contributed by atoms with Gasteiger partial charge in [-0.1, -0.05) is 43.7 Å². The van der Waals surface area contributed by atoms with E-state index in [2.05, 4.69) is 12.2 Å². The number of nitrogens with one attached hydrogen (secondary N) is 1. The summed E-state index contributed by atoms with van der Waals surface area (Å²) < 4.78 is 5.23. The quantitative estimate of drug-likeness (QED) is 0.842. The molecule has 0 aliphatic heterocycles. The minimum absolute atomic E-state index is 0.130. The summed E-state index contributed by atoms with van der Waals surface area (Å²) in [4.78, 5) is 12.3. The van der Waals surface area contributed by atoms with Crippen LogP contribution in [0.25, 0.3) is 0 Å². The number of methoxy groups -OCH3 is 1. The van der Waals surface area contributed by atoms with Gasteiger partial charge in [-0.05, 0) is 37.6 Å². The smallest absolute Gasteiger partial charge is 0.255 e. The molecule has 0 unspecified atom stereocenters. The SMILES string of the molecule is CC.COC1=CC(C(=O)NC2=CC=C(C)CC=C2)=CC=CC1. The Kier molecular flexibility index (Phi) is 7.76. The lowest BCUT2D eigenvalue weighted by Crippen LogP contribution is -2.23. The highest BCUT2D eigenvalue weighted by atomic mass is 16.5. The highest BCUT2D eigenvalue weighted by molar-refractivity contribution is 5.98. The van der Waals surface area contributed by atoms with Gasteiger partial charge in [-0.15, -0.1) is 0 Å². The van der Waals surface area contributed by atoms with Gasteiger partial charge >= 0.3 is 0 Å². The first-order valence-electron chi connectivity index (χ1n) is 7.66. The van der Waals surface area contributed by atoms with E-state index >= 15 is 0 Å². The monoisotopic (exact) mass is 299 g/mol. The Morgan fingerprint density at radius 2 is 1.91 bits per heavy atom. The van der Waals surface area contributed by atoms with Crippen LogP contribution in [-0.4, -0.2) is 13.0 Å². The van der Waals surface area contributed by atoms with Crippen LogP contribution in [0.15, 0.2) is 71.2 Å². The van der Waals surface area contributed by atoms with Gasteiger partial charge in [-0.25, -0.2) is 0 Å². The normalized spacial score (nSPS) is 16.7. The molecule has 1 N–H and O–H groups in total. The summed E-state index contributed by atoms with van der Waals surface area (Å²) in [5.74, 6) is 0.649. The Morgan fingerprint density at radius 3 is 2.64 bits per heavy atom. The van der Waals surface area contributed by atoms with E-state index in [-0.39, 0.29) is 5.91 Å². The molecule has 1 amide bonds. The first kappa shape index (κ1) is 17.8. The molecule has 0 aromatic rings. The molecule has 0 saturated heterocycles. The number of ether oxygens (including phenoxy) is 1. The van der Waals surface area contributed by atoms with E-state index in [0.29, 0.717) is 12.0 Å². The van der Waals surface area contributed by atoms with Crippen LogP contribution in [0.3, 0.4) is 0 Å². The number of allylic oxidation sites excluding steroid dienone is 8. The fraction of sp³-hybridized carbons (Fsp3) is 0.316. The second-order valence-electron chi connectivity index (χ2n) is 4.76. The van der Waals surface area contributed by atoms with Gasteiger partial charge < -0.3 is 10.1 Å². The highest BCUT2D eigenvalue weighted by Crippen LogP contribution is 2.14. The van der Waals surface area contributed by atoms with Gasteiger partial charge in [-0.3, -0.25) is 4.79 Å². The third kappa shape index (κ3) is 5.60. The van der Waals surface area contributed by atoms with E-state index in [0.717, 1.165) is 17.9 Å². The molecule has 0 bridgehead atoms. The van der Waals surface area contributed by atoms with Crippen LogP contribution in [-0.2, 0) is 9.53 Å². The maximum Gasteiger partial charge on any atom is 0.255 e. The standard InChI is InChI=1S/C17H19NO2.C2H6/c1-13-6-5-8-15(11-10-13)18-17(19)14-7-3-4-9-16(12-14)20-2;1-2/h3-5,7-8,10-12H,6,9H2,1-2H3,(H,18,19);1-2H3. The van der Waals surface area contributed by atoms with Crippen molar-refractivity contribution in [3.05, 3.63) is 71.2 Å². The molecule has 0 aromatic carbocycles. The van der Waals surface area contributed by atoms with E-state index in [1.54, 1.807) is 19.3 Å². The number of amides is 1. The number of hydrogen-bond acceptors (Lipinski definition) is 2. The summed E-state index contributed by atoms with van der Waals surface area (Å²) >= 11 is 0. The minimum Gasteiger partial charge on any atom is -0.501 e. The molecular formula is C19H25NO2. The van der Waals surface area contributed by atoms with E-state index in [4.69, 9.17) is 4.74 Å². The highest BCUT2D eigenvalue weighted by Gasteiger charge is 2.10. The van der Waals surface area contributed by atoms with E-state index in [9.17, 15) is 4.79 Å². The minimum atomic E-state index is -0.130. The molecule has 0 spiro atoms. The van der Waals surface area contributed by atoms with E-state index in [1.807, 2.05) is 50.3 Å². The predicted molar refractivity (Wildman–Crippen MR) is 92.0 cm³/mol. The van der Waals surface area contributed by atoms with E-state index < -0.39 is 0 Å². The topological polar surface area (TPSA) is 38.3 Å². The third-order valence-corrected chi connectivity index (χ3v) is 3.11. The Balaban J connectivity index is 0.00000116. The maximum absolute atomic E-state index is 12.3. The van der Waals surface area contributed by atoms with Crippen molar-refractivity contribution >= 4 is 5.91 Å². The first-order valence-corrected chi connectivity index (χ1v) is 7.66. The Bertz CT molecular complexity index is 572. The van der Waals surface area contributed by atoms with Crippen molar-refractivity contribution in [3.63, 3.8) is 0 Å². The van der Waals surface area contributed by atoms with Crippen LogP contribution < -0.4 is 5.32 Å². The molecule has 0 heterocycles. The Morgan fingerprint density at radius 1 is 1.14 bits per heavy atom. The lowest BCUT2D eigenvalue weighted by atomic mass is 10.2. The fourth-order valence-corrected chi connectivity index (χ4v) is 1.93. The van der Waals surface area contributed by atoms with Gasteiger partial charge in [0, 0.05) is 17.7 Å². The first-order chi connectivity index (χ1) is 10.7. The van der Waals surface area contributed by atoms with Gasteiger partial charge in [0.1, 0.15) is 5.76 Å². The molecular weight excluding hydrogens is 274 g/mol. The molecule has 0 radical (unpaired) electrons. The third-order valence-electron chi connectivity index (χ3n) is 3.11. The lowest BCUT2D eigenvalue weighted by Gasteiger charge is -2.07. The molecule has 3 nitrogen and oxygen atoms in total. The van der Waals surface area contributed by atoms with Crippen molar-refractivity contribution in [3.8, 4) is 0 Å². The summed E-state index contributed by atoms with van der Waals surface area (Å²) in [6.07, 6.45) is 16.9. The van der Waals surface area contributed by atoms with Gasteiger partial charge in [0.15, 0.2) is 0 Å². The summed E-state index contributed by atoms with van der Waals surface area (Å²) in [6.45, 7) is 6.07. The lowest BCUT2D eigenvalue weighted by molar-refractivity contribution is -0.116. The molecule has 0 aromatic heterocycles. The van der Waals surface area contributed by atoms with Crippen molar-refractivity contribution in [2.24, 2.45) is 0 Å². The van der Waals surface area contributed by atoms with Crippen molar-refractivity contribution in [2.45, 2.75) is 33.6 Å². The number of hydrogen-bond donors (Lipinski definition) is 1. The second kappa shape index (κ2) is 9.61. The van der Waals surface area contributed by atoms with E-state index in [1.165, 1.54) is 5.57 Å². The zero-order valence-corrected chi connectivity index (χ0v) is 13.8. The molecule has 118 valence electrons. The van der Waals surface area contributed by atoms with Crippen molar-refractivity contribution < 1.29 is 9.53 Å². The Labute approximate surface area is 133 Å². The fourth-order valence-electron chi connectivity index (χ4n) is 1.93. The molecule has 0 fully saturated rings. The van der Waals surface area contributed by atoms with Crippen LogP contribution in [0, 0.1) is 0 Å². The number of carbonyl (C=O) groups excluding carboxylic acids is 1. The molecule has 0 saturated carbocycles. The van der Waals surface area contributed by atoms with Crippen LogP contribution in [0.1, 0.15) is 33.6 Å². The van der Waals surface area contributed by atoms with Gasteiger partial charge in [0.2, 0.25) is 0 Å². The summed E-state index contributed by atoms with van der Waals surface area (Å²) in [7, 11) is 1.62. The molecule has 22 heavy (non-hydrogen) atoms. The molecule has 0 atom stereocenters. The number of rotatable bonds is 3. The molecule has 2 aliphatic carbocycles. The average molecular weight is 299 g/mol.